The second-order valence-corrected chi connectivity index (χ2v) is 11.2. The Bertz CT molecular complexity index is 1290. The summed E-state index contributed by atoms with van der Waals surface area (Å²) in [5.74, 6) is 2.02. The van der Waals surface area contributed by atoms with E-state index in [9.17, 15) is 4.79 Å². The Hall–Kier alpha value is -3.42. The molecule has 0 spiro atoms. The van der Waals surface area contributed by atoms with Crippen LogP contribution in [0.25, 0.3) is 5.69 Å². The first kappa shape index (κ1) is 27.2. The van der Waals surface area contributed by atoms with Crippen LogP contribution in [0, 0.1) is 0 Å². The summed E-state index contributed by atoms with van der Waals surface area (Å²) in [7, 11) is 0. The van der Waals surface area contributed by atoms with Gasteiger partial charge in [-0.3, -0.25) is 14.3 Å². The molecule has 1 aliphatic rings. The van der Waals surface area contributed by atoms with Crippen LogP contribution in [0.15, 0.2) is 96.2 Å². The number of likely N-dealkylation sites (tertiary alicyclic amines) is 1. The number of para-hydroxylation sites is 1. The van der Waals surface area contributed by atoms with Crippen molar-refractivity contribution in [1.82, 2.24) is 25.0 Å². The molecule has 5 rings (SSSR count). The minimum atomic E-state index is 0.180. The molecule has 0 unspecified atom stereocenters. The lowest BCUT2D eigenvalue weighted by Crippen LogP contribution is -2.44. The fourth-order valence-corrected chi connectivity index (χ4v) is 6.02. The lowest BCUT2D eigenvalue weighted by molar-refractivity contribution is -0.122. The van der Waals surface area contributed by atoms with Crippen LogP contribution in [0.5, 0.6) is 0 Å². The van der Waals surface area contributed by atoms with Gasteiger partial charge in [-0.1, -0.05) is 90.6 Å². The van der Waals surface area contributed by atoms with Crippen LogP contribution in [0.1, 0.15) is 49.1 Å². The molecule has 7 heteroatoms. The quantitative estimate of drug-likeness (QED) is 0.179. The van der Waals surface area contributed by atoms with Gasteiger partial charge < -0.3 is 5.32 Å². The predicted octanol–water partition coefficient (Wildman–Crippen LogP) is 5.90. The molecule has 1 N–H and O–H groups in total. The highest BCUT2D eigenvalue weighted by Gasteiger charge is 2.20. The highest BCUT2D eigenvalue weighted by atomic mass is 32.2. The van der Waals surface area contributed by atoms with Crippen LogP contribution in [0.4, 0.5) is 0 Å². The SMILES string of the molecule is O=C(CCCCSc1nnc(Cc2ccccc2)n1-c1ccccc1)NC1CCN(Cc2ccccc2)CC1. The molecule has 0 aliphatic carbocycles. The number of nitrogens with one attached hydrogen (secondary N) is 1. The minimum Gasteiger partial charge on any atom is -0.353 e. The zero-order chi connectivity index (χ0) is 26.7. The average Bonchev–Trinajstić information content (AvgIpc) is 3.37. The second kappa shape index (κ2) is 14.1. The number of carbonyl (C=O) groups excluding carboxylic acids is 1. The van der Waals surface area contributed by atoms with Gasteiger partial charge in [0.2, 0.25) is 5.91 Å². The van der Waals surface area contributed by atoms with E-state index in [1.807, 2.05) is 24.3 Å². The van der Waals surface area contributed by atoms with Gasteiger partial charge in [0, 0.05) is 50.0 Å². The van der Waals surface area contributed by atoms with Crippen LogP contribution < -0.4 is 5.32 Å². The predicted molar refractivity (Wildman–Crippen MR) is 158 cm³/mol. The minimum absolute atomic E-state index is 0.180. The summed E-state index contributed by atoms with van der Waals surface area (Å²) in [6.07, 6.45) is 5.19. The van der Waals surface area contributed by atoms with Crippen molar-refractivity contribution >= 4 is 17.7 Å². The van der Waals surface area contributed by atoms with E-state index in [0.29, 0.717) is 12.5 Å². The smallest absolute Gasteiger partial charge is 0.220 e. The van der Waals surface area contributed by atoms with Gasteiger partial charge in [-0.05, 0) is 48.9 Å². The number of rotatable bonds is 12. The summed E-state index contributed by atoms with van der Waals surface area (Å²) < 4.78 is 2.16. The maximum atomic E-state index is 12.6. The van der Waals surface area contributed by atoms with Crippen molar-refractivity contribution in [3.8, 4) is 5.69 Å². The summed E-state index contributed by atoms with van der Waals surface area (Å²) in [4.78, 5) is 15.1. The van der Waals surface area contributed by atoms with Crippen LogP contribution in [0.2, 0.25) is 0 Å². The number of unbranched alkanes of at least 4 members (excludes halogenated alkanes) is 1. The molecular formula is C32H37N5OS. The molecule has 1 amide bonds. The average molecular weight is 540 g/mol. The van der Waals surface area contributed by atoms with Gasteiger partial charge in [0.1, 0.15) is 5.82 Å². The molecule has 1 fully saturated rings. The Morgan fingerprint density at radius 2 is 1.46 bits per heavy atom. The summed E-state index contributed by atoms with van der Waals surface area (Å²) in [5.41, 5.74) is 3.64. The second-order valence-electron chi connectivity index (χ2n) is 10.1. The lowest BCUT2D eigenvalue weighted by atomic mass is 10.0. The third kappa shape index (κ3) is 8.04. The maximum Gasteiger partial charge on any atom is 0.220 e. The third-order valence-electron chi connectivity index (χ3n) is 7.15. The molecule has 39 heavy (non-hydrogen) atoms. The molecule has 2 heterocycles. The number of hydrogen-bond donors (Lipinski definition) is 1. The van der Waals surface area contributed by atoms with E-state index in [-0.39, 0.29) is 5.91 Å². The largest absolute Gasteiger partial charge is 0.353 e. The first-order chi connectivity index (χ1) is 19.2. The molecule has 0 atom stereocenters. The number of aromatic nitrogens is 3. The van der Waals surface area contributed by atoms with Gasteiger partial charge in [-0.25, -0.2) is 0 Å². The van der Waals surface area contributed by atoms with E-state index in [1.54, 1.807) is 11.8 Å². The number of benzene rings is 3. The highest BCUT2D eigenvalue weighted by molar-refractivity contribution is 7.99. The number of hydrogen-bond acceptors (Lipinski definition) is 5. The molecule has 1 saturated heterocycles. The zero-order valence-corrected chi connectivity index (χ0v) is 23.2. The van der Waals surface area contributed by atoms with Crippen molar-refractivity contribution < 1.29 is 4.79 Å². The van der Waals surface area contributed by atoms with Crippen molar-refractivity contribution in [3.63, 3.8) is 0 Å². The van der Waals surface area contributed by atoms with Gasteiger partial charge >= 0.3 is 0 Å². The van der Waals surface area contributed by atoms with Crippen molar-refractivity contribution in [2.75, 3.05) is 18.8 Å². The van der Waals surface area contributed by atoms with Gasteiger partial charge in [0.15, 0.2) is 5.16 Å². The Labute approximate surface area is 235 Å². The van der Waals surface area contributed by atoms with Gasteiger partial charge in [0.05, 0.1) is 0 Å². The first-order valence-corrected chi connectivity index (χ1v) is 15.0. The van der Waals surface area contributed by atoms with Gasteiger partial charge in [-0.15, -0.1) is 10.2 Å². The van der Waals surface area contributed by atoms with E-state index in [2.05, 4.69) is 91.7 Å². The molecule has 6 nitrogen and oxygen atoms in total. The summed E-state index contributed by atoms with van der Waals surface area (Å²) in [5, 5.41) is 13.2. The summed E-state index contributed by atoms with van der Waals surface area (Å²) in [6, 6.07) is 31.6. The van der Waals surface area contributed by atoms with Crippen molar-refractivity contribution in [2.45, 2.75) is 56.3 Å². The topological polar surface area (TPSA) is 63.1 Å². The molecule has 0 radical (unpaired) electrons. The molecule has 202 valence electrons. The number of nitrogens with zero attached hydrogens (tertiary/aromatic N) is 4. The van der Waals surface area contributed by atoms with E-state index in [0.717, 1.165) is 74.2 Å². The Morgan fingerprint density at radius 3 is 2.15 bits per heavy atom. The van der Waals surface area contributed by atoms with Crippen molar-refractivity contribution in [3.05, 3.63) is 108 Å². The van der Waals surface area contributed by atoms with Gasteiger partial charge in [0.25, 0.3) is 0 Å². The van der Waals surface area contributed by atoms with E-state index in [1.165, 1.54) is 11.1 Å². The van der Waals surface area contributed by atoms with Crippen molar-refractivity contribution in [1.29, 1.82) is 0 Å². The zero-order valence-electron chi connectivity index (χ0n) is 22.4. The molecular weight excluding hydrogens is 502 g/mol. The number of piperidine rings is 1. The van der Waals surface area contributed by atoms with Crippen LogP contribution in [0.3, 0.4) is 0 Å². The van der Waals surface area contributed by atoms with Crippen LogP contribution >= 0.6 is 11.8 Å². The van der Waals surface area contributed by atoms with E-state index in [4.69, 9.17) is 0 Å². The molecule has 0 saturated carbocycles. The van der Waals surface area contributed by atoms with Crippen LogP contribution in [-0.2, 0) is 17.8 Å². The molecule has 0 bridgehead atoms. The van der Waals surface area contributed by atoms with E-state index < -0.39 is 0 Å². The van der Waals surface area contributed by atoms with Crippen LogP contribution in [-0.4, -0.2) is 50.5 Å². The maximum absolute atomic E-state index is 12.6. The fraction of sp³-hybridized carbons (Fsp3) is 0.344. The normalized spacial score (nSPS) is 14.4. The number of thioether (sulfide) groups is 1. The summed E-state index contributed by atoms with van der Waals surface area (Å²) >= 11 is 1.71. The molecule has 1 aliphatic heterocycles. The molecule has 4 aromatic rings. The Morgan fingerprint density at radius 1 is 0.821 bits per heavy atom. The van der Waals surface area contributed by atoms with Gasteiger partial charge in [-0.2, -0.15) is 0 Å². The summed E-state index contributed by atoms with van der Waals surface area (Å²) in [6.45, 7) is 3.06. The van der Waals surface area contributed by atoms with Crippen molar-refractivity contribution in [2.24, 2.45) is 0 Å². The lowest BCUT2D eigenvalue weighted by Gasteiger charge is -2.32. The Balaban J connectivity index is 1.05. The van der Waals surface area contributed by atoms with E-state index >= 15 is 0 Å². The monoisotopic (exact) mass is 539 g/mol. The third-order valence-corrected chi connectivity index (χ3v) is 8.17. The first-order valence-electron chi connectivity index (χ1n) is 14.0. The Kier molecular flexibility index (Phi) is 9.82. The number of carbonyl (C=O) groups is 1. The number of amides is 1. The molecule has 3 aromatic carbocycles. The fourth-order valence-electron chi connectivity index (χ4n) is 5.05. The molecule has 1 aromatic heterocycles. The highest BCUT2D eigenvalue weighted by Crippen LogP contribution is 2.24. The standard InChI is InChI=1S/C32H37N5OS/c38-31(33-28-19-21-36(22-20-28)25-27-14-6-2-7-15-27)18-10-11-23-39-32-35-34-30(24-26-12-4-1-5-13-26)37(32)29-16-8-3-9-17-29/h1-9,12-17,28H,10-11,18-25H2,(H,33,38).